The van der Waals surface area contributed by atoms with Crippen molar-refractivity contribution >= 4 is 43.9 Å². The van der Waals surface area contributed by atoms with Gasteiger partial charge in [-0.3, -0.25) is 9.89 Å². The quantitative estimate of drug-likeness (QED) is 0.560. The summed E-state index contributed by atoms with van der Waals surface area (Å²) in [6, 6.07) is 4.44. The van der Waals surface area contributed by atoms with Crippen LogP contribution in [0.2, 0.25) is 0 Å². The first kappa shape index (κ1) is 17.7. The molecule has 3 rings (SSSR count). The molecule has 0 spiro atoms. The maximum atomic E-state index is 13.2. The van der Waals surface area contributed by atoms with Gasteiger partial charge in [0, 0.05) is 17.3 Å². The number of hydrogen-bond acceptors (Lipinski definition) is 7. The van der Waals surface area contributed by atoms with Gasteiger partial charge >= 0.3 is 11.6 Å². The lowest BCUT2D eigenvalue weighted by Gasteiger charge is -2.20. The summed E-state index contributed by atoms with van der Waals surface area (Å²) in [4.78, 5) is 27.9. The zero-order chi connectivity index (χ0) is 19.1. The highest BCUT2D eigenvalue weighted by atomic mass is 32.2. The lowest BCUT2D eigenvalue weighted by atomic mass is 10.3. The Morgan fingerprint density at radius 2 is 1.96 bits per heavy atom. The smallest absolute Gasteiger partial charge is 0.341 e. The standard InChI is InChI=1S/C14H14N6O4S2/c1-8-11(12(21)19(18-8)13(16)22)20(14-17-6-7-25-14)26(23,24)10-4-2-9(15)3-5-10/h2-7,18H,15H2,1H3,(H2,16,22). The number of aromatic amines is 1. The third kappa shape index (κ3) is 2.84. The molecule has 0 fully saturated rings. The molecule has 0 atom stereocenters. The number of primary amides is 1. The minimum Gasteiger partial charge on any atom is -0.399 e. The van der Waals surface area contributed by atoms with E-state index in [1.54, 1.807) is 5.38 Å². The van der Waals surface area contributed by atoms with Gasteiger partial charge in [0.1, 0.15) is 5.69 Å². The molecule has 0 aliphatic carbocycles. The van der Waals surface area contributed by atoms with Crippen molar-refractivity contribution in [1.29, 1.82) is 0 Å². The number of H-pyrrole nitrogens is 1. The number of nitrogens with one attached hydrogen (secondary N) is 1. The number of carbonyl (C=O) groups is 1. The molecule has 0 radical (unpaired) electrons. The summed E-state index contributed by atoms with van der Waals surface area (Å²) >= 11 is 1.02. The van der Waals surface area contributed by atoms with E-state index in [1.165, 1.54) is 37.4 Å². The number of nitrogens with zero attached hydrogens (tertiary/aromatic N) is 3. The lowest BCUT2D eigenvalue weighted by Crippen LogP contribution is -2.35. The van der Waals surface area contributed by atoms with Crippen molar-refractivity contribution in [2.24, 2.45) is 5.73 Å². The van der Waals surface area contributed by atoms with E-state index in [0.717, 1.165) is 15.6 Å². The average molecular weight is 394 g/mol. The molecule has 0 bridgehead atoms. The molecule has 10 nitrogen and oxygen atoms in total. The first-order valence-electron chi connectivity index (χ1n) is 7.15. The van der Waals surface area contributed by atoms with Crippen molar-refractivity contribution < 1.29 is 13.2 Å². The van der Waals surface area contributed by atoms with Crippen molar-refractivity contribution in [1.82, 2.24) is 14.8 Å². The number of aromatic nitrogens is 3. The number of anilines is 3. The van der Waals surface area contributed by atoms with Crippen LogP contribution in [0, 0.1) is 6.92 Å². The number of carbonyl (C=O) groups excluding carboxylic acids is 1. The monoisotopic (exact) mass is 394 g/mol. The van der Waals surface area contributed by atoms with Crippen molar-refractivity contribution in [3.8, 4) is 0 Å². The Morgan fingerprint density at radius 1 is 1.31 bits per heavy atom. The molecule has 0 aliphatic heterocycles. The Kier molecular flexibility index (Phi) is 4.29. The van der Waals surface area contributed by atoms with E-state index >= 15 is 0 Å². The Labute approximate surface area is 151 Å². The van der Waals surface area contributed by atoms with Crippen LogP contribution >= 0.6 is 11.3 Å². The number of nitrogens with two attached hydrogens (primary N) is 2. The Balaban J connectivity index is 2.28. The number of amides is 1. The van der Waals surface area contributed by atoms with E-state index in [4.69, 9.17) is 11.5 Å². The summed E-state index contributed by atoms with van der Waals surface area (Å²) in [5.74, 6) is 0. The molecule has 26 heavy (non-hydrogen) atoms. The molecule has 0 unspecified atom stereocenters. The van der Waals surface area contributed by atoms with Gasteiger partial charge < -0.3 is 11.5 Å². The number of sulfonamides is 1. The van der Waals surface area contributed by atoms with Gasteiger partial charge in [-0.25, -0.2) is 22.5 Å². The van der Waals surface area contributed by atoms with Gasteiger partial charge in [0.2, 0.25) is 5.13 Å². The molecule has 2 aromatic heterocycles. The maximum absolute atomic E-state index is 13.2. The second-order valence-electron chi connectivity index (χ2n) is 5.22. The maximum Gasteiger partial charge on any atom is 0.341 e. The zero-order valence-corrected chi connectivity index (χ0v) is 15.0. The van der Waals surface area contributed by atoms with E-state index in [2.05, 4.69) is 10.1 Å². The zero-order valence-electron chi connectivity index (χ0n) is 13.4. The topological polar surface area (TPSA) is 157 Å². The number of rotatable bonds is 4. The second-order valence-corrected chi connectivity index (χ2v) is 7.88. The normalized spacial score (nSPS) is 11.4. The number of nitrogen functional groups attached to an aromatic ring is 1. The van der Waals surface area contributed by atoms with E-state index in [0.29, 0.717) is 10.4 Å². The van der Waals surface area contributed by atoms with Gasteiger partial charge in [0.25, 0.3) is 10.0 Å². The molecule has 0 saturated heterocycles. The number of benzene rings is 1. The number of aryl methyl sites for hydroxylation is 1. The molecule has 1 aromatic carbocycles. The van der Waals surface area contributed by atoms with Crippen molar-refractivity contribution in [3.05, 3.63) is 51.9 Å². The van der Waals surface area contributed by atoms with E-state index < -0.39 is 21.6 Å². The Morgan fingerprint density at radius 3 is 2.46 bits per heavy atom. The summed E-state index contributed by atoms with van der Waals surface area (Å²) in [5, 5.41) is 4.07. The van der Waals surface area contributed by atoms with Crippen LogP contribution in [0.4, 0.5) is 21.3 Å². The predicted molar refractivity (Wildman–Crippen MR) is 97.1 cm³/mol. The first-order valence-corrected chi connectivity index (χ1v) is 9.47. The van der Waals surface area contributed by atoms with Gasteiger partial charge in [-0.1, -0.05) is 0 Å². The molecule has 0 aliphatic rings. The van der Waals surface area contributed by atoms with Crippen molar-refractivity contribution in [2.45, 2.75) is 11.8 Å². The van der Waals surface area contributed by atoms with Gasteiger partial charge in [-0.2, -0.15) is 4.68 Å². The minimum atomic E-state index is -4.21. The largest absolute Gasteiger partial charge is 0.399 e. The van der Waals surface area contributed by atoms with Crippen LogP contribution < -0.4 is 21.3 Å². The van der Waals surface area contributed by atoms with Crippen molar-refractivity contribution in [3.63, 3.8) is 0 Å². The summed E-state index contributed by atoms with van der Waals surface area (Å²) in [6.07, 6.45) is 1.40. The van der Waals surface area contributed by atoms with Gasteiger partial charge in [-0.05, 0) is 31.2 Å². The first-order chi connectivity index (χ1) is 12.2. The summed E-state index contributed by atoms with van der Waals surface area (Å²) in [6.45, 7) is 1.45. The van der Waals surface area contributed by atoms with Gasteiger partial charge in [-0.15, -0.1) is 11.3 Å². The minimum absolute atomic E-state index is 0.0395. The molecule has 5 N–H and O–H groups in total. The molecule has 2 heterocycles. The third-order valence-corrected chi connectivity index (χ3v) is 6.05. The van der Waals surface area contributed by atoms with Crippen LogP contribution in [0.5, 0.6) is 0 Å². The molecule has 136 valence electrons. The van der Waals surface area contributed by atoms with Crippen LogP contribution in [-0.2, 0) is 10.0 Å². The SMILES string of the molecule is Cc1[nH]n(C(N)=O)c(=O)c1N(c1nccs1)S(=O)(=O)c1ccc(N)cc1. The highest BCUT2D eigenvalue weighted by Gasteiger charge is 2.34. The fourth-order valence-electron chi connectivity index (χ4n) is 2.31. The van der Waals surface area contributed by atoms with Gasteiger partial charge in [0.05, 0.1) is 10.6 Å². The molecule has 0 saturated carbocycles. The Hall–Kier alpha value is -3.12. The molecule has 1 amide bonds. The highest BCUT2D eigenvalue weighted by molar-refractivity contribution is 7.93. The predicted octanol–water partition coefficient (Wildman–Crippen LogP) is 0.977. The Bertz CT molecular complexity index is 1110. The van der Waals surface area contributed by atoms with Gasteiger partial charge in [0.15, 0.2) is 0 Å². The number of thiazole rings is 1. The molecular formula is C14H14N6O4S2. The van der Waals surface area contributed by atoms with Crippen LogP contribution in [0.1, 0.15) is 5.69 Å². The summed E-state index contributed by atoms with van der Waals surface area (Å²) in [5.41, 5.74) is 10.1. The van der Waals surface area contributed by atoms with Crippen LogP contribution in [0.15, 0.2) is 45.5 Å². The van der Waals surface area contributed by atoms with Crippen LogP contribution in [0.25, 0.3) is 0 Å². The third-order valence-electron chi connectivity index (χ3n) is 3.48. The van der Waals surface area contributed by atoms with Crippen LogP contribution in [-0.4, -0.2) is 29.2 Å². The van der Waals surface area contributed by atoms with E-state index in [1.807, 2.05) is 0 Å². The van der Waals surface area contributed by atoms with Crippen molar-refractivity contribution in [2.75, 3.05) is 10.0 Å². The second kappa shape index (κ2) is 6.31. The molecular weight excluding hydrogens is 380 g/mol. The fraction of sp³-hybridized carbons (Fsp3) is 0.0714. The molecule has 12 heteroatoms. The lowest BCUT2D eigenvalue weighted by molar-refractivity contribution is 0.247. The van der Waals surface area contributed by atoms with E-state index in [-0.39, 0.29) is 21.4 Å². The van der Waals surface area contributed by atoms with E-state index in [9.17, 15) is 18.0 Å². The summed E-state index contributed by atoms with van der Waals surface area (Å²) in [7, 11) is -4.21. The molecule has 3 aromatic rings. The highest BCUT2D eigenvalue weighted by Crippen LogP contribution is 2.33. The number of hydrogen-bond donors (Lipinski definition) is 3. The summed E-state index contributed by atoms with van der Waals surface area (Å²) < 4.78 is 27.7. The fourth-order valence-corrected chi connectivity index (χ4v) is 4.69. The van der Waals surface area contributed by atoms with Crippen LogP contribution in [0.3, 0.4) is 0 Å². The average Bonchev–Trinajstić information content (AvgIpc) is 3.19.